The summed E-state index contributed by atoms with van der Waals surface area (Å²) >= 11 is 3.54. The predicted octanol–water partition coefficient (Wildman–Crippen LogP) is 4.44. The lowest BCUT2D eigenvalue weighted by molar-refractivity contribution is -0.120. The number of carbonyl (C=O) groups excluding carboxylic acids is 1. The van der Waals surface area contributed by atoms with E-state index in [2.05, 4.69) is 28.2 Å². The van der Waals surface area contributed by atoms with Crippen molar-refractivity contribution >= 4 is 27.5 Å². The van der Waals surface area contributed by atoms with Crippen molar-refractivity contribution in [2.45, 2.75) is 40.0 Å². The summed E-state index contributed by atoms with van der Waals surface area (Å²) < 4.78 is 1.12. The van der Waals surface area contributed by atoms with E-state index in [1.165, 1.54) is 12.8 Å². The molecule has 0 aromatic heterocycles. The Morgan fingerprint density at radius 3 is 2.39 bits per heavy atom. The Hall–Kier alpha value is -0.830. The summed E-state index contributed by atoms with van der Waals surface area (Å²) in [5.74, 6) is 0.887. The molecule has 0 heterocycles. The van der Waals surface area contributed by atoms with E-state index in [0.29, 0.717) is 5.92 Å². The Bertz CT molecular complexity index is 447. The summed E-state index contributed by atoms with van der Waals surface area (Å²) in [5.41, 5.74) is 3.23. The molecular formula is C15H20BrNO. The molecular weight excluding hydrogens is 290 g/mol. The van der Waals surface area contributed by atoms with Crippen molar-refractivity contribution in [1.82, 2.24) is 0 Å². The molecule has 2 nitrogen and oxygen atoms in total. The molecule has 1 fully saturated rings. The van der Waals surface area contributed by atoms with Crippen LogP contribution in [-0.2, 0) is 4.79 Å². The first kappa shape index (κ1) is 13.6. The lowest BCUT2D eigenvalue weighted by Gasteiger charge is -2.16. The molecule has 0 spiro atoms. The standard InChI is InChI=1S/C15H20BrNO/c1-9-5-4-6-13(9)15(18)17-12-7-10(2)14(16)11(3)8-12/h7-9,13H,4-6H2,1-3H3,(H,17,18). The lowest BCUT2D eigenvalue weighted by atomic mass is 9.97. The predicted molar refractivity (Wildman–Crippen MR) is 78.8 cm³/mol. The number of amides is 1. The SMILES string of the molecule is Cc1cc(NC(=O)C2CCCC2C)cc(C)c1Br. The fraction of sp³-hybridized carbons (Fsp3) is 0.533. The van der Waals surface area contributed by atoms with Gasteiger partial charge in [-0.15, -0.1) is 0 Å². The highest BCUT2D eigenvalue weighted by molar-refractivity contribution is 9.10. The average molecular weight is 310 g/mol. The minimum atomic E-state index is 0.182. The fourth-order valence-corrected chi connectivity index (χ4v) is 3.02. The summed E-state index contributed by atoms with van der Waals surface area (Å²) in [6.07, 6.45) is 3.38. The van der Waals surface area contributed by atoms with Gasteiger partial charge in [0.15, 0.2) is 0 Å². The highest BCUT2D eigenvalue weighted by Gasteiger charge is 2.29. The molecule has 0 aliphatic heterocycles. The van der Waals surface area contributed by atoms with Crippen LogP contribution >= 0.6 is 15.9 Å². The molecule has 1 aromatic rings. The number of carbonyl (C=O) groups is 1. The zero-order valence-corrected chi connectivity index (χ0v) is 12.8. The number of aryl methyl sites for hydroxylation is 2. The van der Waals surface area contributed by atoms with E-state index in [1.807, 2.05) is 26.0 Å². The molecule has 0 radical (unpaired) electrons. The van der Waals surface area contributed by atoms with Crippen LogP contribution < -0.4 is 5.32 Å². The number of hydrogen-bond acceptors (Lipinski definition) is 1. The second-order valence-electron chi connectivity index (χ2n) is 5.43. The molecule has 2 unspecified atom stereocenters. The van der Waals surface area contributed by atoms with Crippen LogP contribution in [0.3, 0.4) is 0 Å². The monoisotopic (exact) mass is 309 g/mol. The zero-order chi connectivity index (χ0) is 13.3. The van der Waals surface area contributed by atoms with E-state index >= 15 is 0 Å². The van der Waals surface area contributed by atoms with E-state index in [-0.39, 0.29) is 11.8 Å². The third-order valence-corrected chi connectivity index (χ3v) is 5.15. The van der Waals surface area contributed by atoms with Crippen LogP contribution in [0, 0.1) is 25.7 Å². The molecule has 0 bridgehead atoms. The topological polar surface area (TPSA) is 29.1 Å². The third kappa shape index (κ3) is 2.77. The average Bonchev–Trinajstić information content (AvgIpc) is 2.72. The maximum atomic E-state index is 12.2. The number of halogens is 1. The smallest absolute Gasteiger partial charge is 0.227 e. The van der Waals surface area contributed by atoms with Crippen LogP contribution in [0.25, 0.3) is 0 Å². The molecule has 1 N–H and O–H groups in total. The molecule has 98 valence electrons. The Labute approximate surface area is 117 Å². The van der Waals surface area contributed by atoms with E-state index < -0.39 is 0 Å². The molecule has 0 saturated heterocycles. The molecule has 1 aliphatic carbocycles. The highest BCUT2D eigenvalue weighted by Crippen LogP contribution is 2.32. The quantitative estimate of drug-likeness (QED) is 0.859. The first-order valence-electron chi connectivity index (χ1n) is 6.56. The van der Waals surface area contributed by atoms with Crippen LogP contribution in [0.2, 0.25) is 0 Å². The largest absolute Gasteiger partial charge is 0.326 e. The summed E-state index contributed by atoms with van der Waals surface area (Å²) in [6, 6.07) is 4.04. The van der Waals surface area contributed by atoms with Crippen LogP contribution in [0.4, 0.5) is 5.69 Å². The van der Waals surface area contributed by atoms with Crippen molar-refractivity contribution in [1.29, 1.82) is 0 Å². The molecule has 3 heteroatoms. The van der Waals surface area contributed by atoms with Crippen molar-refractivity contribution in [3.63, 3.8) is 0 Å². The van der Waals surface area contributed by atoms with Gasteiger partial charge in [-0.1, -0.05) is 29.3 Å². The molecule has 1 aliphatic rings. The Kier molecular flexibility index (Phi) is 4.10. The Morgan fingerprint density at radius 2 is 1.89 bits per heavy atom. The lowest BCUT2D eigenvalue weighted by Crippen LogP contribution is -2.24. The first-order chi connectivity index (χ1) is 8.49. The fourth-order valence-electron chi connectivity index (χ4n) is 2.79. The minimum Gasteiger partial charge on any atom is -0.326 e. The van der Waals surface area contributed by atoms with Gasteiger partial charge in [-0.2, -0.15) is 0 Å². The first-order valence-corrected chi connectivity index (χ1v) is 7.36. The van der Waals surface area contributed by atoms with Gasteiger partial charge in [0.2, 0.25) is 5.91 Å². The summed E-state index contributed by atoms with van der Waals surface area (Å²) in [7, 11) is 0. The second-order valence-corrected chi connectivity index (χ2v) is 6.22. The van der Waals surface area contributed by atoms with Crippen molar-refractivity contribution < 1.29 is 4.79 Å². The summed E-state index contributed by atoms with van der Waals surface area (Å²) in [4.78, 5) is 12.2. The Morgan fingerprint density at radius 1 is 1.28 bits per heavy atom. The number of anilines is 1. The van der Waals surface area contributed by atoms with Gasteiger partial charge >= 0.3 is 0 Å². The maximum absolute atomic E-state index is 12.2. The second kappa shape index (κ2) is 5.43. The molecule has 2 atom stereocenters. The molecule has 1 amide bonds. The van der Waals surface area contributed by atoms with Crippen LogP contribution in [0.1, 0.15) is 37.3 Å². The van der Waals surface area contributed by atoms with Gasteiger partial charge in [0.05, 0.1) is 0 Å². The summed E-state index contributed by atoms with van der Waals surface area (Å²) in [6.45, 7) is 6.27. The van der Waals surface area contributed by atoms with Crippen molar-refractivity contribution in [2.24, 2.45) is 11.8 Å². The number of hydrogen-bond donors (Lipinski definition) is 1. The van der Waals surface area contributed by atoms with Crippen LogP contribution in [-0.4, -0.2) is 5.91 Å². The van der Waals surface area contributed by atoms with E-state index in [1.54, 1.807) is 0 Å². The van der Waals surface area contributed by atoms with E-state index in [9.17, 15) is 4.79 Å². The van der Waals surface area contributed by atoms with Crippen molar-refractivity contribution in [3.8, 4) is 0 Å². The normalized spacial score (nSPS) is 23.1. The number of rotatable bonds is 2. The van der Waals surface area contributed by atoms with Crippen molar-refractivity contribution in [2.75, 3.05) is 5.32 Å². The van der Waals surface area contributed by atoms with Gasteiger partial charge in [0, 0.05) is 16.1 Å². The molecule has 1 saturated carbocycles. The Balaban J connectivity index is 2.12. The van der Waals surface area contributed by atoms with Gasteiger partial charge in [0.1, 0.15) is 0 Å². The van der Waals surface area contributed by atoms with Crippen LogP contribution in [0.15, 0.2) is 16.6 Å². The molecule has 1 aromatic carbocycles. The van der Waals surface area contributed by atoms with Crippen LogP contribution in [0.5, 0.6) is 0 Å². The van der Waals surface area contributed by atoms with Gasteiger partial charge < -0.3 is 5.32 Å². The number of nitrogens with one attached hydrogen (secondary N) is 1. The summed E-state index contributed by atoms with van der Waals surface area (Å²) in [5, 5.41) is 3.06. The van der Waals surface area contributed by atoms with E-state index in [0.717, 1.165) is 27.7 Å². The molecule has 18 heavy (non-hydrogen) atoms. The van der Waals surface area contributed by atoms with Gasteiger partial charge in [-0.05, 0) is 55.9 Å². The third-order valence-electron chi connectivity index (χ3n) is 3.90. The van der Waals surface area contributed by atoms with Gasteiger partial charge in [-0.3, -0.25) is 4.79 Å². The zero-order valence-electron chi connectivity index (χ0n) is 11.2. The number of benzene rings is 1. The van der Waals surface area contributed by atoms with Gasteiger partial charge in [-0.25, -0.2) is 0 Å². The maximum Gasteiger partial charge on any atom is 0.227 e. The van der Waals surface area contributed by atoms with Crippen molar-refractivity contribution in [3.05, 3.63) is 27.7 Å². The molecule has 2 rings (SSSR count). The van der Waals surface area contributed by atoms with Gasteiger partial charge in [0.25, 0.3) is 0 Å². The highest BCUT2D eigenvalue weighted by atomic mass is 79.9. The van der Waals surface area contributed by atoms with E-state index in [4.69, 9.17) is 0 Å². The minimum absolute atomic E-state index is 0.182.